The second kappa shape index (κ2) is 7.91. The number of fused-ring (bicyclic) bond motifs is 7. The van der Waals surface area contributed by atoms with E-state index in [1.807, 2.05) is 19.9 Å². The summed E-state index contributed by atoms with van der Waals surface area (Å²) >= 11 is 1.68. The fraction of sp³-hybridized carbons (Fsp3) is 0.346. The summed E-state index contributed by atoms with van der Waals surface area (Å²) in [7, 11) is 0. The lowest BCUT2D eigenvalue weighted by Crippen LogP contribution is -2.10. The van der Waals surface area contributed by atoms with Crippen molar-refractivity contribution in [1.82, 2.24) is 19.7 Å². The molecule has 34 heavy (non-hydrogen) atoms. The van der Waals surface area contributed by atoms with E-state index in [0.717, 1.165) is 55.8 Å². The van der Waals surface area contributed by atoms with Crippen LogP contribution in [-0.2, 0) is 13.0 Å². The zero-order chi connectivity index (χ0) is 23.6. The summed E-state index contributed by atoms with van der Waals surface area (Å²) in [6.07, 6.45) is 4.53. The van der Waals surface area contributed by atoms with Crippen molar-refractivity contribution in [3.05, 3.63) is 63.0 Å². The van der Waals surface area contributed by atoms with Crippen LogP contribution in [0.5, 0.6) is 5.75 Å². The zero-order valence-corrected chi connectivity index (χ0v) is 20.2. The Morgan fingerprint density at radius 2 is 2.06 bits per heavy atom. The molecule has 1 aromatic carbocycles. The molecule has 0 amide bonds. The third-order valence-electron chi connectivity index (χ3n) is 6.69. The zero-order valence-electron chi connectivity index (χ0n) is 19.4. The van der Waals surface area contributed by atoms with Gasteiger partial charge in [0.05, 0.1) is 22.1 Å². The predicted octanol–water partition coefficient (Wildman–Crippen LogP) is 5.86. The lowest BCUT2D eigenvalue weighted by Gasteiger charge is -2.21. The van der Waals surface area contributed by atoms with Gasteiger partial charge in [-0.3, -0.25) is 4.68 Å². The highest BCUT2D eigenvalue weighted by molar-refractivity contribution is 7.12. The van der Waals surface area contributed by atoms with E-state index in [2.05, 4.69) is 16.6 Å². The summed E-state index contributed by atoms with van der Waals surface area (Å²) in [6, 6.07) is 6.76. The number of benzene rings is 1. The minimum atomic E-state index is -0.447. The Balaban J connectivity index is 1.62. The Labute approximate surface area is 201 Å². The summed E-state index contributed by atoms with van der Waals surface area (Å²) < 4.78 is 22.8. The largest absolute Gasteiger partial charge is 0.482 e. The SMILES string of the molecule is Cc1nc2c(s1)Cc1c(C)nn(CC3CC3)c1-c1cnc(N)c(c1)OC(C)c1cc(F)ccc1-2. The van der Waals surface area contributed by atoms with Crippen LogP contribution in [0.2, 0.25) is 0 Å². The Bertz CT molecular complexity index is 1420. The van der Waals surface area contributed by atoms with E-state index in [0.29, 0.717) is 23.9 Å². The van der Waals surface area contributed by atoms with Gasteiger partial charge in [0, 0.05) is 46.3 Å². The number of aryl methyl sites for hydroxylation is 2. The highest BCUT2D eigenvalue weighted by atomic mass is 32.1. The summed E-state index contributed by atoms with van der Waals surface area (Å²) in [5.41, 5.74) is 12.8. The van der Waals surface area contributed by atoms with Crippen LogP contribution in [0.25, 0.3) is 22.5 Å². The molecule has 1 atom stereocenters. The number of aromatic nitrogens is 4. The molecule has 0 radical (unpaired) electrons. The molecular formula is C26H26FN5OS. The van der Waals surface area contributed by atoms with Gasteiger partial charge in [0.25, 0.3) is 0 Å². The molecule has 1 saturated carbocycles. The lowest BCUT2D eigenvalue weighted by atomic mass is 9.96. The fourth-order valence-corrected chi connectivity index (χ4v) is 5.77. The standard InChI is InChI=1S/C26H26FN5OS/c1-13-20-10-23-24(30-15(3)34-23)19-7-6-18(27)9-21(19)14(2)33-22-8-17(11-29-26(22)28)25(20)32(31-13)12-16-4-5-16/h6-9,11,14,16H,4-5,10,12H2,1-3H3,(H2,28,29). The van der Waals surface area contributed by atoms with E-state index in [9.17, 15) is 4.39 Å². The van der Waals surface area contributed by atoms with Crippen molar-refractivity contribution in [2.75, 3.05) is 5.73 Å². The van der Waals surface area contributed by atoms with Gasteiger partial charge >= 0.3 is 0 Å². The van der Waals surface area contributed by atoms with Crippen LogP contribution < -0.4 is 10.5 Å². The number of hydrogen-bond acceptors (Lipinski definition) is 6. The van der Waals surface area contributed by atoms with Crippen LogP contribution in [-0.4, -0.2) is 19.7 Å². The lowest BCUT2D eigenvalue weighted by molar-refractivity contribution is 0.227. The van der Waals surface area contributed by atoms with Crippen LogP contribution in [0, 0.1) is 25.6 Å². The molecule has 1 aliphatic carbocycles. The molecule has 2 aliphatic rings. The first-order chi connectivity index (χ1) is 16.4. The van der Waals surface area contributed by atoms with E-state index in [1.165, 1.54) is 25.0 Å². The average Bonchev–Trinajstić information content (AvgIpc) is 3.46. The van der Waals surface area contributed by atoms with Crippen LogP contribution in [0.3, 0.4) is 0 Å². The smallest absolute Gasteiger partial charge is 0.166 e. The maximum absolute atomic E-state index is 14.3. The number of ether oxygens (including phenoxy) is 1. The van der Waals surface area contributed by atoms with Crippen molar-refractivity contribution < 1.29 is 9.13 Å². The first-order valence-corrected chi connectivity index (χ1v) is 12.4. The predicted molar refractivity (Wildman–Crippen MR) is 131 cm³/mol. The van der Waals surface area contributed by atoms with Gasteiger partial charge in [-0.05, 0) is 63.8 Å². The van der Waals surface area contributed by atoms with Crippen LogP contribution in [0.15, 0.2) is 30.5 Å². The second-order valence-corrected chi connectivity index (χ2v) is 10.6. The Hall–Kier alpha value is -3.26. The van der Waals surface area contributed by atoms with E-state index in [1.54, 1.807) is 23.6 Å². The molecule has 6 rings (SSSR count). The third-order valence-corrected chi connectivity index (χ3v) is 7.66. The number of halogens is 1. The van der Waals surface area contributed by atoms with Crippen LogP contribution >= 0.6 is 11.3 Å². The first kappa shape index (κ1) is 21.3. The molecule has 1 unspecified atom stereocenters. The average molecular weight is 476 g/mol. The van der Waals surface area contributed by atoms with Crippen molar-refractivity contribution >= 4 is 17.2 Å². The highest BCUT2D eigenvalue weighted by Crippen LogP contribution is 2.41. The van der Waals surface area contributed by atoms with Crippen molar-refractivity contribution in [1.29, 1.82) is 0 Å². The number of nitrogens with zero attached hydrogens (tertiary/aromatic N) is 4. The molecule has 3 aromatic heterocycles. The summed E-state index contributed by atoms with van der Waals surface area (Å²) in [6.45, 7) is 6.87. The molecule has 8 heteroatoms. The van der Waals surface area contributed by atoms with E-state index >= 15 is 0 Å². The molecule has 1 fully saturated rings. The maximum Gasteiger partial charge on any atom is 0.166 e. The minimum absolute atomic E-state index is 0.308. The van der Waals surface area contributed by atoms with Crippen LogP contribution in [0.4, 0.5) is 10.2 Å². The van der Waals surface area contributed by atoms with E-state index < -0.39 is 6.10 Å². The number of anilines is 1. The second-order valence-electron chi connectivity index (χ2n) is 9.32. The van der Waals surface area contributed by atoms with Crippen molar-refractivity contribution in [2.24, 2.45) is 5.92 Å². The summed E-state index contributed by atoms with van der Waals surface area (Å²) in [5, 5.41) is 5.91. The van der Waals surface area contributed by atoms with E-state index in [-0.39, 0.29) is 5.82 Å². The molecule has 174 valence electrons. The monoisotopic (exact) mass is 475 g/mol. The number of pyridine rings is 1. The van der Waals surface area contributed by atoms with Gasteiger partial charge in [0.2, 0.25) is 0 Å². The van der Waals surface area contributed by atoms with Gasteiger partial charge in [-0.15, -0.1) is 11.3 Å². The number of hydrogen-bond donors (Lipinski definition) is 1. The third kappa shape index (κ3) is 3.66. The van der Waals surface area contributed by atoms with Gasteiger partial charge in [-0.25, -0.2) is 14.4 Å². The minimum Gasteiger partial charge on any atom is -0.482 e. The number of nitrogens with two attached hydrogens (primary N) is 1. The van der Waals surface area contributed by atoms with Crippen molar-refractivity contribution in [3.8, 4) is 28.3 Å². The maximum atomic E-state index is 14.3. The van der Waals surface area contributed by atoms with Gasteiger partial charge in [0.15, 0.2) is 11.6 Å². The Kier molecular flexibility index (Phi) is 4.95. The van der Waals surface area contributed by atoms with E-state index in [4.69, 9.17) is 20.6 Å². The number of rotatable bonds is 2. The molecule has 1 aliphatic heterocycles. The molecular weight excluding hydrogens is 449 g/mol. The Morgan fingerprint density at radius 1 is 1.24 bits per heavy atom. The Morgan fingerprint density at radius 3 is 2.85 bits per heavy atom. The summed E-state index contributed by atoms with van der Waals surface area (Å²) in [4.78, 5) is 10.5. The highest BCUT2D eigenvalue weighted by Gasteiger charge is 2.28. The summed E-state index contributed by atoms with van der Waals surface area (Å²) in [5.74, 6) is 1.15. The van der Waals surface area contributed by atoms with Crippen LogP contribution in [0.1, 0.15) is 52.6 Å². The molecule has 2 bridgehead atoms. The number of nitrogen functional groups attached to an aromatic ring is 1. The molecule has 4 heterocycles. The molecule has 4 aromatic rings. The normalized spacial score (nSPS) is 17.1. The van der Waals surface area contributed by atoms with Crippen molar-refractivity contribution in [2.45, 2.75) is 52.7 Å². The molecule has 0 spiro atoms. The molecule has 6 nitrogen and oxygen atoms in total. The van der Waals surface area contributed by atoms with Gasteiger partial charge < -0.3 is 10.5 Å². The topological polar surface area (TPSA) is 78.9 Å². The first-order valence-electron chi connectivity index (χ1n) is 11.6. The van der Waals surface area contributed by atoms with Gasteiger partial charge in [-0.2, -0.15) is 5.10 Å². The fourth-order valence-electron chi connectivity index (χ4n) is 4.81. The number of thiazole rings is 1. The quantitative estimate of drug-likeness (QED) is 0.393. The molecule has 2 N–H and O–H groups in total. The van der Waals surface area contributed by atoms with Crippen molar-refractivity contribution in [3.63, 3.8) is 0 Å². The molecule has 0 saturated heterocycles. The van der Waals surface area contributed by atoms with Gasteiger partial charge in [0.1, 0.15) is 11.9 Å². The van der Waals surface area contributed by atoms with Gasteiger partial charge in [-0.1, -0.05) is 0 Å².